The van der Waals surface area contributed by atoms with E-state index in [-0.39, 0.29) is 5.91 Å². The molecule has 0 fully saturated rings. The molecule has 1 amide bonds. The Morgan fingerprint density at radius 1 is 1.62 bits per heavy atom. The zero-order valence-electron chi connectivity index (χ0n) is 8.90. The largest absolute Gasteiger partial charge is 0.398 e. The third-order valence-corrected chi connectivity index (χ3v) is 2.87. The van der Waals surface area contributed by atoms with E-state index in [1.807, 2.05) is 6.07 Å². The monoisotopic (exact) mass is 281 g/mol. The van der Waals surface area contributed by atoms with Gasteiger partial charge in [-0.1, -0.05) is 0 Å². The first-order valence-electron chi connectivity index (χ1n) is 4.73. The van der Waals surface area contributed by atoms with Gasteiger partial charge in [0.1, 0.15) is 0 Å². The number of halogens is 1. The van der Waals surface area contributed by atoms with Crippen molar-refractivity contribution in [3.63, 3.8) is 0 Å². The summed E-state index contributed by atoms with van der Waals surface area (Å²) in [7, 11) is 1.66. The van der Waals surface area contributed by atoms with Crippen LogP contribution < -0.4 is 5.73 Å². The normalized spacial score (nSPS) is 9.56. The Morgan fingerprint density at radius 3 is 2.88 bits per heavy atom. The van der Waals surface area contributed by atoms with Gasteiger partial charge in [0, 0.05) is 29.3 Å². The van der Waals surface area contributed by atoms with E-state index in [2.05, 4.69) is 15.9 Å². The van der Waals surface area contributed by atoms with Gasteiger partial charge in [0.15, 0.2) is 0 Å². The van der Waals surface area contributed by atoms with Crippen LogP contribution in [-0.2, 0) is 0 Å². The van der Waals surface area contributed by atoms with Gasteiger partial charge in [0.25, 0.3) is 5.91 Å². The topological polar surface area (TPSA) is 70.1 Å². The molecule has 0 aromatic heterocycles. The van der Waals surface area contributed by atoms with Crippen LogP contribution in [0.1, 0.15) is 16.8 Å². The van der Waals surface area contributed by atoms with E-state index < -0.39 is 0 Å². The zero-order chi connectivity index (χ0) is 12.1. The first-order valence-corrected chi connectivity index (χ1v) is 5.53. The molecule has 0 aliphatic rings. The fourth-order valence-electron chi connectivity index (χ4n) is 1.22. The predicted molar refractivity (Wildman–Crippen MR) is 65.7 cm³/mol. The Balaban J connectivity index is 2.80. The number of carbonyl (C=O) groups is 1. The summed E-state index contributed by atoms with van der Waals surface area (Å²) < 4.78 is 0.767. The van der Waals surface area contributed by atoms with Crippen molar-refractivity contribution in [2.45, 2.75) is 6.42 Å². The molecule has 0 unspecified atom stereocenters. The van der Waals surface area contributed by atoms with E-state index >= 15 is 0 Å². The number of anilines is 1. The van der Waals surface area contributed by atoms with E-state index in [1.54, 1.807) is 25.2 Å². The average molecular weight is 282 g/mol. The molecule has 0 radical (unpaired) electrons. The number of benzene rings is 1. The minimum atomic E-state index is -0.130. The molecule has 0 spiro atoms. The molecule has 0 aliphatic carbocycles. The molecule has 0 saturated heterocycles. The van der Waals surface area contributed by atoms with Crippen molar-refractivity contribution in [2.24, 2.45) is 0 Å². The number of nitriles is 1. The van der Waals surface area contributed by atoms with Crippen LogP contribution in [0.3, 0.4) is 0 Å². The Bertz CT molecular complexity index is 439. The second kappa shape index (κ2) is 5.52. The van der Waals surface area contributed by atoms with Gasteiger partial charge in [0.05, 0.1) is 12.5 Å². The lowest BCUT2D eigenvalue weighted by Gasteiger charge is -2.15. The third kappa shape index (κ3) is 2.97. The van der Waals surface area contributed by atoms with Crippen LogP contribution in [0.5, 0.6) is 0 Å². The predicted octanol–water partition coefficient (Wildman–Crippen LogP) is 2.02. The number of nitrogens with two attached hydrogens (primary N) is 1. The van der Waals surface area contributed by atoms with Gasteiger partial charge >= 0.3 is 0 Å². The van der Waals surface area contributed by atoms with Crippen molar-refractivity contribution in [1.82, 2.24) is 4.90 Å². The van der Waals surface area contributed by atoms with E-state index in [9.17, 15) is 4.79 Å². The number of carbonyl (C=O) groups excluding carboxylic acids is 1. The van der Waals surface area contributed by atoms with E-state index in [1.165, 1.54) is 4.90 Å². The molecule has 1 aromatic rings. The minimum absolute atomic E-state index is 0.130. The summed E-state index contributed by atoms with van der Waals surface area (Å²) in [5.41, 5.74) is 6.74. The summed E-state index contributed by atoms with van der Waals surface area (Å²) in [6.45, 7) is 0.422. The Morgan fingerprint density at radius 2 is 2.31 bits per heavy atom. The van der Waals surface area contributed by atoms with E-state index in [0.717, 1.165) is 4.47 Å². The van der Waals surface area contributed by atoms with Gasteiger partial charge in [0.2, 0.25) is 0 Å². The lowest BCUT2D eigenvalue weighted by molar-refractivity contribution is 0.0798. The molecule has 84 valence electrons. The molecule has 16 heavy (non-hydrogen) atoms. The summed E-state index contributed by atoms with van der Waals surface area (Å²) in [6, 6.07) is 7.06. The maximum Gasteiger partial charge on any atom is 0.253 e. The fourth-order valence-corrected chi connectivity index (χ4v) is 1.46. The minimum Gasteiger partial charge on any atom is -0.398 e. The molecule has 1 aromatic carbocycles. The maximum atomic E-state index is 11.9. The fraction of sp³-hybridized carbons (Fsp3) is 0.273. The molecule has 0 aliphatic heterocycles. The number of amides is 1. The van der Waals surface area contributed by atoms with Gasteiger partial charge in [-0.2, -0.15) is 5.26 Å². The summed E-state index contributed by atoms with van der Waals surface area (Å²) in [6.07, 6.45) is 0.328. The lowest BCUT2D eigenvalue weighted by atomic mass is 10.2. The number of rotatable bonds is 3. The first-order chi connectivity index (χ1) is 7.56. The molecule has 0 bridgehead atoms. The Labute approximate surface area is 103 Å². The van der Waals surface area contributed by atoms with Crippen LogP contribution in [0.15, 0.2) is 22.7 Å². The van der Waals surface area contributed by atoms with Crippen molar-refractivity contribution in [2.75, 3.05) is 19.3 Å². The van der Waals surface area contributed by atoms with E-state index in [4.69, 9.17) is 11.0 Å². The standard InChI is InChI=1S/C11H12BrN3O/c1-15(6-2-5-13)11(16)8-3-4-9(12)10(14)7-8/h3-4,7H,2,6,14H2,1H3. The molecule has 5 heteroatoms. The molecular weight excluding hydrogens is 270 g/mol. The summed E-state index contributed by atoms with van der Waals surface area (Å²) in [5.74, 6) is -0.130. The van der Waals surface area contributed by atoms with Crippen LogP contribution in [0, 0.1) is 11.3 Å². The van der Waals surface area contributed by atoms with Crippen molar-refractivity contribution < 1.29 is 4.79 Å². The van der Waals surface area contributed by atoms with Crippen LogP contribution in [0.4, 0.5) is 5.69 Å². The van der Waals surface area contributed by atoms with Gasteiger partial charge in [-0.05, 0) is 34.1 Å². The zero-order valence-corrected chi connectivity index (χ0v) is 10.5. The highest BCUT2D eigenvalue weighted by atomic mass is 79.9. The molecule has 0 saturated carbocycles. The van der Waals surface area contributed by atoms with Crippen molar-refractivity contribution in [3.8, 4) is 6.07 Å². The average Bonchev–Trinajstić information content (AvgIpc) is 2.28. The Hall–Kier alpha value is -1.54. The number of nitrogens with zero attached hydrogens (tertiary/aromatic N) is 2. The molecule has 4 nitrogen and oxygen atoms in total. The highest BCUT2D eigenvalue weighted by Crippen LogP contribution is 2.20. The van der Waals surface area contributed by atoms with Gasteiger partial charge in [-0.25, -0.2) is 0 Å². The smallest absolute Gasteiger partial charge is 0.253 e. The van der Waals surface area contributed by atoms with Gasteiger partial charge in [-0.15, -0.1) is 0 Å². The first kappa shape index (κ1) is 12.5. The van der Waals surface area contributed by atoms with E-state index in [0.29, 0.717) is 24.2 Å². The quantitative estimate of drug-likeness (QED) is 0.862. The molecular formula is C11H12BrN3O. The lowest BCUT2D eigenvalue weighted by Crippen LogP contribution is -2.27. The van der Waals surface area contributed by atoms with Crippen LogP contribution in [-0.4, -0.2) is 24.4 Å². The maximum absolute atomic E-state index is 11.9. The van der Waals surface area contributed by atoms with Gasteiger partial charge < -0.3 is 10.6 Å². The number of hydrogen-bond donors (Lipinski definition) is 1. The highest BCUT2D eigenvalue weighted by Gasteiger charge is 2.11. The van der Waals surface area contributed by atoms with Crippen molar-refractivity contribution >= 4 is 27.5 Å². The summed E-state index contributed by atoms with van der Waals surface area (Å²) >= 11 is 3.26. The molecule has 1 rings (SSSR count). The van der Waals surface area contributed by atoms with Crippen LogP contribution >= 0.6 is 15.9 Å². The highest BCUT2D eigenvalue weighted by molar-refractivity contribution is 9.10. The second-order valence-electron chi connectivity index (χ2n) is 3.37. The molecule has 0 heterocycles. The number of hydrogen-bond acceptors (Lipinski definition) is 3. The van der Waals surface area contributed by atoms with Crippen LogP contribution in [0.2, 0.25) is 0 Å². The molecule has 2 N–H and O–H groups in total. The van der Waals surface area contributed by atoms with Crippen molar-refractivity contribution in [3.05, 3.63) is 28.2 Å². The summed E-state index contributed by atoms with van der Waals surface area (Å²) in [5, 5.41) is 8.43. The molecule has 0 atom stereocenters. The Kier molecular flexibility index (Phi) is 4.32. The third-order valence-electron chi connectivity index (χ3n) is 2.15. The van der Waals surface area contributed by atoms with Crippen molar-refractivity contribution in [1.29, 1.82) is 5.26 Å². The summed E-state index contributed by atoms with van der Waals surface area (Å²) in [4.78, 5) is 13.4. The second-order valence-corrected chi connectivity index (χ2v) is 4.23. The number of nitrogen functional groups attached to an aromatic ring is 1. The van der Waals surface area contributed by atoms with Gasteiger partial charge in [-0.3, -0.25) is 4.79 Å². The van der Waals surface area contributed by atoms with Crippen LogP contribution in [0.25, 0.3) is 0 Å². The SMILES string of the molecule is CN(CCC#N)C(=O)c1ccc(Br)c(N)c1.